The maximum atomic E-state index is 12.6. The van der Waals surface area contributed by atoms with Crippen LogP contribution in [0.2, 0.25) is 0 Å². The number of hydrogen-bond acceptors (Lipinski definition) is 7. The fraction of sp³-hybridized carbons (Fsp3) is 0.350. The summed E-state index contributed by atoms with van der Waals surface area (Å²) in [5.41, 5.74) is 1.62. The van der Waals surface area contributed by atoms with Crippen molar-refractivity contribution in [3.63, 3.8) is 0 Å². The molecule has 0 amide bonds. The molecule has 2 aromatic rings. The minimum atomic E-state index is -0.673. The molecule has 0 saturated carbocycles. The molecular formula is C20H21NO7. The molecule has 8 nitrogen and oxygen atoms in total. The Balaban J connectivity index is 1.72. The van der Waals surface area contributed by atoms with Crippen LogP contribution < -0.4 is 9.47 Å². The number of fused-ring (bicyclic) bond motifs is 1. The van der Waals surface area contributed by atoms with Crippen LogP contribution in [0.1, 0.15) is 49.4 Å². The number of carbonyl (C=O) groups is 3. The number of hydrogen-bond donors (Lipinski definition) is 1. The molecule has 1 aromatic carbocycles. The van der Waals surface area contributed by atoms with E-state index in [1.807, 2.05) is 0 Å². The van der Waals surface area contributed by atoms with Crippen LogP contribution in [0.15, 0.2) is 18.2 Å². The second kappa shape index (κ2) is 8.16. The summed E-state index contributed by atoms with van der Waals surface area (Å²) >= 11 is 0. The molecule has 0 bridgehead atoms. The third-order valence-corrected chi connectivity index (χ3v) is 4.25. The molecule has 0 saturated heterocycles. The molecule has 0 radical (unpaired) electrons. The Hall–Kier alpha value is -3.29. The highest BCUT2D eigenvalue weighted by Gasteiger charge is 2.26. The Morgan fingerprint density at radius 2 is 1.64 bits per heavy atom. The summed E-state index contributed by atoms with van der Waals surface area (Å²) in [4.78, 5) is 40.1. The standard InChI is InChI=1S/C20H21NO7/c1-4-25-20(24)18-12(3)21-11(2)17(18)14(22)10-28-19(23)13-5-6-15-16(9-13)27-8-7-26-15/h5-6,9,21H,4,7-8,10H2,1-3H3. The van der Waals surface area contributed by atoms with E-state index in [1.54, 1.807) is 26.8 Å². The molecule has 0 atom stereocenters. The molecule has 0 spiro atoms. The fourth-order valence-corrected chi connectivity index (χ4v) is 3.05. The van der Waals surface area contributed by atoms with Crippen molar-refractivity contribution >= 4 is 17.7 Å². The SMILES string of the molecule is CCOC(=O)c1c(C)[nH]c(C)c1C(=O)COC(=O)c1ccc2c(c1)OCCO2. The number of ketones is 1. The lowest BCUT2D eigenvalue weighted by atomic mass is 10.1. The molecule has 28 heavy (non-hydrogen) atoms. The van der Waals surface area contributed by atoms with Gasteiger partial charge in [-0.25, -0.2) is 9.59 Å². The lowest BCUT2D eigenvalue weighted by molar-refractivity contribution is 0.0471. The molecule has 3 rings (SSSR count). The number of H-pyrrole nitrogens is 1. The number of carbonyl (C=O) groups excluding carboxylic acids is 3. The van der Waals surface area contributed by atoms with E-state index in [0.29, 0.717) is 36.1 Å². The van der Waals surface area contributed by atoms with Crippen molar-refractivity contribution in [3.05, 3.63) is 46.3 Å². The van der Waals surface area contributed by atoms with Gasteiger partial charge in [-0.3, -0.25) is 4.79 Å². The summed E-state index contributed by atoms with van der Waals surface area (Å²) in [6.07, 6.45) is 0. The van der Waals surface area contributed by atoms with Crippen molar-refractivity contribution in [1.29, 1.82) is 0 Å². The summed E-state index contributed by atoms with van der Waals surface area (Å²) in [7, 11) is 0. The number of aromatic amines is 1. The molecule has 0 aliphatic carbocycles. The second-order valence-electron chi connectivity index (χ2n) is 6.20. The predicted octanol–water partition coefficient (Wildman–Crippen LogP) is 2.62. The minimum Gasteiger partial charge on any atom is -0.486 e. The van der Waals surface area contributed by atoms with Crippen molar-refractivity contribution in [2.75, 3.05) is 26.4 Å². The van der Waals surface area contributed by atoms with E-state index in [1.165, 1.54) is 12.1 Å². The van der Waals surface area contributed by atoms with Gasteiger partial charge in [-0.2, -0.15) is 0 Å². The van der Waals surface area contributed by atoms with Gasteiger partial charge in [-0.05, 0) is 39.0 Å². The Labute approximate surface area is 161 Å². The topological polar surface area (TPSA) is 104 Å². The molecule has 1 aliphatic rings. The number of esters is 2. The summed E-state index contributed by atoms with van der Waals surface area (Å²) in [6.45, 7) is 5.56. The number of benzene rings is 1. The Kier molecular flexibility index (Phi) is 5.67. The van der Waals surface area contributed by atoms with Crippen LogP contribution in [0.4, 0.5) is 0 Å². The van der Waals surface area contributed by atoms with E-state index >= 15 is 0 Å². The first-order valence-corrected chi connectivity index (χ1v) is 8.88. The monoisotopic (exact) mass is 387 g/mol. The number of Topliss-reactive ketones (excluding diaryl/α,β-unsaturated/α-hetero) is 1. The lowest BCUT2D eigenvalue weighted by Gasteiger charge is -2.18. The summed E-state index contributed by atoms with van der Waals surface area (Å²) in [5, 5.41) is 0. The first kappa shape index (κ1) is 19.5. The molecule has 148 valence electrons. The van der Waals surface area contributed by atoms with Crippen LogP contribution in [-0.2, 0) is 9.47 Å². The minimum absolute atomic E-state index is 0.166. The molecule has 1 aliphatic heterocycles. The quantitative estimate of drug-likeness (QED) is 0.600. The average Bonchev–Trinajstić information content (AvgIpc) is 2.99. The number of aryl methyl sites for hydroxylation is 2. The van der Waals surface area contributed by atoms with Crippen molar-refractivity contribution in [2.24, 2.45) is 0 Å². The van der Waals surface area contributed by atoms with E-state index in [0.717, 1.165) is 0 Å². The van der Waals surface area contributed by atoms with Crippen molar-refractivity contribution in [3.8, 4) is 11.5 Å². The zero-order valence-electron chi connectivity index (χ0n) is 15.9. The smallest absolute Gasteiger partial charge is 0.340 e. The van der Waals surface area contributed by atoms with Gasteiger partial charge in [0, 0.05) is 11.4 Å². The molecule has 2 heterocycles. The third kappa shape index (κ3) is 3.85. The van der Waals surface area contributed by atoms with Crippen molar-refractivity contribution in [1.82, 2.24) is 4.98 Å². The predicted molar refractivity (Wildman–Crippen MR) is 98.3 cm³/mol. The van der Waals surface area contributed by atoms with Gasteiger partial charge in [0.1, 0.15) is 13.2 Å². The summed E-state index contributed by atoms with van der Waals surface area (Å²) < 4.78 is 21.0. The Bertz CT molecular complexity index is 929. The van der Waals surface area contributed by atoms with E-state index in [-0.39, 0.29) is 23.3 Å². The first-order chi connectivity index (χ1) is 13.4. The van der Waals surface area contributed by atoms with E-state index in [2.05, 4.69) is 4.98 Å². The van der Waals surface area contributed by atoms with Crippen LogP contribution >= 0.6 is 0 Å². The average molecular weight is 387 g/mol. The number of nitrogens with one attached hydrogen (secondary N) is 1. The summed E-state index contributed by atoms with van der Waals surface area (Å²) in [5.74, 6) is -0.750. The van der Waals surface area contributed by atoms with Gasteiger partial charge in [0.05, 0.1) is 23.3 Å². The zero-order valence-corrected chi connectivity index (χ0v) is 15.9. The Morgan fingerprint density at radius 3 is 2.36 bits per heavy atom. The highest BCUT2D eigenvalue weighted by Crippen LogP contribution is 2.31. The maximum Gasteiger partial charge on any atom is 0.340 e. The van der Waals surface area contributed by atoms with Crippen molar-refractivity contribution in [2.45, 2.75) is 20.8 Å². The van der Waals surface area contributed by atoms with E-state index < -0.39 is 24.3 Å². The largest absolute Gasteiger partial charge is 0.486 e. The Morgan fingerprint density at radius 1 is 0.964 bits per heavy atom. The van der Waals surface area contributed by atoms with Gasteiger partial charge in [0.15, 0.2) is 18.1 Å². The van der Waals surface area contributed by atoms with Gasteiger partial charge in [0.2, 0.25) is 5.78 Å². The van der Waals surface area contributed by atoms with Crippen LogP contribution in [0.3, 0.4) is 0 Å². The van der Waals surface area contributed by atoms with Gasteiger partial charge in [-0.15, -0.1) is 0 Å². The van der Waals surface area contributed by atoms with E-state index in [4.69, 9.17) is 18.9 Å². The summed E-state index contributed by atoms with van der Waals surface area (Å²) in [6, 6.07) is 4.67. The maximum absolute atomic E-state index is 12.6. The highest BCUT2D eigenvalue weighted by molar-refractivity contribution is 6.09. The third-order valence-electron chi connectivity index (χ3n) is 4.25. The molecule has 0 unspecified atom stereocenters. The van der Waals surface area contributed by atoms with Gasteiger partial charge < -0.3 is 23.9 Å². The van der Waals surface area contributed by atoms with Crippen LogP contribution in [0.5, 0.6) is 11.5 Å². The van der Waals surface area contributed by atoms with Gasteiger partial charge in [0.25, 0.3) is 0 Å². The van der Waals surface area contributed by atoms with Gasteiger partial charge in [-0.1, -0.05) is 0 Å². The fourth-order valence-electron chi connectivity index (χ4n) is 3.05. The zero-order chi connectivity index (χ0) is 20.3. The molecule has 8 heteroatoms. The first-order valence-electron chi connectivity index (χ1n) is 8.88. The van der Waals surface area contributed by atoms with Crippen LogP contribution in [0, 0.1) is 13.8 Å². The normalized spacial score (nSPS) is 12.4. The second-order valence-corrected chi connectivity index (χ2v) is 6.20. The molecule has 0 fully saturated rings. The number of aromatic nitrogens is 1. The molecular weight excluding hydrogens is 366 g/mol. The van der Waals surface area contributed by atoms with Crippen LogP contribution in [0.25, 0.3) is 0 Å². The van der Waals surface area contributed by atoms with E-state index in [9.17, 15) is 14.4 Å². The molecule has 1 N–H and O–H groups in total. The molecule has 1 aromatic heterocycles. The van der Waals surface area contributed by atoms with Crippen molar-refractivity contribution < 1.29 is 33.3 Å². The highest BCUT2D eigenvalue weighted by atomic mass is 16.6. The van der Waals surface area contributed by atoms with Crippen LogP contribution in [-0.4, -0.2) is 49.1 Å². The number of ether oxygens (including phenoxy) is 4. The number of rotatable bonds is 6. The lowest BCUT2D eigenvalue weighted by Crippen LogP contribution is -2.19. The van der Waals surface area contributed by atoms with Gasteiger partial charge >= 0.3 is 11.9 Å².